The molecule has 0 bridgehead atoms. The van der Waals surface area contributed by atoms with Crippen molar-refractivity contribution in [2.24, 2.45) is 4.99 Å². The fourth-order valence-corrected chi connectivity index (χ4v) is 1.99. The summed E-state index contributed by atoms with van der Waals surface area (Å²) in [4.78, 5) is 6.64. The first kappa shape index (κ1) is 8.48. The minimum absolute atomic E-state index is 0.894. The Balaban J connectivity index is 2.33. The normalized spacial score (nSPS) is 14.3. The van der Waals surface area contributed by atoms with Crippen LogP contribution >= 0.6 is 0 Å². The standard InChI is InChI=1S/C13H12N2/c1-15-7-6-14-12-8-10-4-2-3-5-11(10)9-13(12)15/h2-6,8-9H,7H2,1H3. The Morgan fingerprint density at radius 3 is 2.67 bits per heavy atom. The van der Waals surface area contributed by atoms with Crippen LogP contribution in [0.3, 0.4) is 0 Å². The van der Waals surface area contributed by atoms with Crippen LogP contribution < -0.4 is 4.90 Å². The first-order valence-electron chi connectivity index (χ1n) is 5.11. The topological polar surface area (TPSA) is 15.6 Å². The Labute approximate surface area is 88.9 Å². The van der Waals surface area contributed by atoms with Crippen molar-refractivity contribution >= 4 is 28.4 Å². The van der Waals surface area contributed by atoms with Crippen LogP contribution in [0, 0.1) is 0 Å². The van der Waals surface area contributed by atoms with Crippen molar-refractivity contribution in [3.63, 3.8) is 0 Å². The van der Waals surface area contributed by atoms with Crippen LogP contribution in [0.4, 0.5) is 11.4 Å². The van der Waals surface area contributed by atoms with E-state index in [1.54, 1.807) is 0 Å². The molecule has 0 aliphatic carbocycles. The second-order valence-electron chi connectivity index (χ2n) is 3.88. The maximum Gasteiger partial charge on any atom is 0.0866 e. The molecule has 15 heavy (non-hydrogen) atoms. The number of hydrogen-bond donors (Lipinski definition) is 0. The third kappa shape index (κ3) is 1.30. The molecule has 0 fully saturated rings. The number of aliphatic imine (C=N–C) groups is 1. The van der Waals surface area contributed by atoms with Crippen LogP contribution in [0.15, 0.2) is 41.4 Å². The van der Waals surface area contributed by atoms with Gasteiger partial charge in [-0.15, -0.1) is 0 Å². The van der Waals surface area contributed by atoms with Gasteiger partial charge in [-0.05, 0) is 22.9 Å². The molecule has 0 atom stereocenters. The van der Waals surface area contributed by atoms with Crippen molar-refractivity contribution in [3.05, 3.63) is 36.4 Å². The van der Waals surface area contributed by atoms with Crippen molar-refractivity contribution in [1.82, 2.24) is 0 Å². The molecule has 2 aromatic rings. The van der Waals surface area contributed by atoms with Gasteiger partial charge in [0, 0.05) is 13.3 Å². The van der Waals surface area contributed by atoms with E-state index in [1.165, 1.54) is 16.5 Å². The summed E-state index contributed by atoms with van der Waals surface area (Å²) in [7, 11) is 2.10. The molecule has 0 saturated heterocycles. The molecule has 0 unspecified atom stereocenters. The van der Waals surface area contributed by atoms with Gasteiger partial charge in [0.15, 0.2) is 0 Å². The van der Waals surface area contributed by atoms with Gasteiger partial charge in [-0.2, -0.15) is 0 Å². The number of fused-ring (bicyclic) bond motifs is 2. The first-order chi connectivity index (χ1) is 7.34. The molecule has 2 nitrogen and oxygen atoms in total. The zero-order chi connectivity index (χ0) is 10.3. The van der Waals surface area contributed by atoms with Gasteiger partial charge in [0.1, 0.15) is 0 Å². The van der Waals surface area contributed by atoms with Gasteiger partial charge in [0.05, 0.1) is 17.9 Å². The van der Waals surface area contributed by atoms with E-state index in [2.05, 4.69) is 53.3 Å². The van der Waals surface area contributed by atoms with Gasteiger partial charge in [0.25, 0.3) is 0 Å². The average Bonchev–Trinajstić information content (AvgIpc) is 2.27. The largest absolute Gasteiger partial charge is 0.368 e. The van der Waals surface area contributed by atoms with Crippen LogP contribution in [0.1, 0.15) is 0 Å². The zero-order valence-corrected chi connectivity index (χ0v) is 8.64. The first-order valence-corrected chi connectivity index (χ1v) is 5.11. The third-order valence-corrected chi connectivity index (χ3v) is 2.84. The van der Waals surface area contributed by atoms with E-state index >= 15 is 0 Å². The molecule has 1 heterocycles. The predicted octanol–water partition coefficient (Wildman–Crippen LogP) is 2.99. The lowest BCUT2D eigenvalue weighted by Gasteiger charge is -2.23. The lowest BCUT2D eigenvalue weighted by Crippen LogP contribution is -2.21. The smallest absolute Gasteiger partial charge is 0.0866 e. The predicted molar refractivity (Wildman–Crippen MR) is 65.4 cm³/mol. The Morgan fingerprint density at radius 2 is 1.87 bits per heavy atom. The number of hydrogen-bond acceptors (Lipinski definition) is 2. The Hall–Kier alpha value is -1.83. The summed E-state index contributed by atoms with van der Waals surface area (Å²) in [6, 6.07) is 12.8. The summed E-state index contributed by atoms with van der Waals surface area (Å²) in [6.45, 7) is 0.894. The molecule has 0 amide bonds. The van der Waals surface area contributed by atoms with Crippen LogP contribution in [0.25, 0.3) is 10.8 Å². The summed E-state index contributed by atoms with van der Waals surface area (Å²) in [5.74, 6) is 0. The van der Waals surface area contributed by atoms with E-state index in [1.807, 2.05) is 6.21 Å². The van der Waals surface area contributed by atoms with Gasteiger partial charge < -0.3 is 4.90 Å². The maximum absolute atomic E-state index is 4.43. The van der Waals surface area contributed by atoms with Crippen molar-refractivity contribution < 1.29 is 0 Å². The molecule has 0 saturated carbocycles. The highest BCUT2D eigenvalue weighted by molar-refractivity contribution is 5.94. The van der Waals surface area contributed by atoms with E-state index < -0.39 is 0 Å². The lowest BCUT2D eigenvalue weighted by molar-refractivity contribution is 1.05. The van der Waals surface area contributed by atoms with E-state index in [4.69, 9.17) is 0 Å². The summed E-state index contributed by atoms with van der Waals surface area (Å²) < 4.78 is 0. The molecule has 0 spiro atoms. The second-order valence-corrected chi connectivity index (χ2v) is 3.88. The number of nitrogens with zero attached hydrogens (tertiary/aromatic N) is 2. The Morgan fingerprint density at radius 1 is 1.13 bits per heavy atom. The number of anilines is 1. The molecule has 3 rings (SSSR count). The van der Waals surface area contributed by atoms with Crippen molar-refractivity contribution in [2.45, 2.75) is 0 Å². The Bertz CT molecular complexity index is 543. The van der Waals surface area contributed by atoms with Crippen LogP contribution in [-0.2, 0) is 0 Å². The number of rotatable bonds is 0. The van der Waals surface area contributed by atoms with E-state index in [9.17, 15) is 0 Å². The van der Waals surface area contributed by atoms with Crippen LogP contribution in [0.2, 0.25) is 0 Å². The minimum Gasteiger partial charge on any atom is -0.368 e. The molecule has 0 N–H and O–H groups in total. The van der Waals surface area contributed by atoms with Crippen molar-refractivity contribution in [1.29, 1.82) is 0 Å². The van der Waals surface area contributed by atoms with E-state index in [0.29, 0.717) is 0 Å². The van der Waals surface area contributed by atoms with E-state index in [-0.39, 0.29) is 0 Å². The fraction of sp³-hybridized carbons (Fsp3) is 0.154. The molecular weight excluding hydrogens is 184 g/mol. The zero-order valence-electron chi connectivity index (χ0n) is 8.64. The minimum atomic E-state index is 0.894. The second kappa shape index (κ2) is 3.09. The van der Waals surface area contributed by atoms with Gasteiger partial charge >= 0.3 is 0 Å². The highest BCUT2D eigenvalue weighted by Gasteiger charge is 2.10. The fourth-order valence-electron chi connectivity index (χ4n) is 1.99. The molecule has 2 heteroatoms. The molecule has 0 radical (unpaired) electrons. The van der Waals surface area contributed by atoms with Crippen molar-refractivity contribution in [3.8, 4) is 0 Å². The summed E-state index contributed by atoms with van der Waals surface area (Å²) >= 11 is 0. The average molecular weight is 196 g/mol. The SMILES string of the molecule is CN1CC=Nc2cc3ccccc3cc21. The molecule has 0 aromatic heterocycles. The maximum atomic E-state index is 4.43. The highest BCUT2D eigenvalue weighted by atomic mass is 15.1. The third-order valence-electron chi connectivity index (χ3n) is 2.84. The molecule has 2 aromatic carbocycles. The van der Waals surface area contributed by atoms with Gasteiger partial charge in [-0.3, -0.25) is 4.99 Å². The van der Waals surface area contributed by atoms with Crippen LogP contribution in [-0.4, -0.2) is 19.8 Å². The van der Waals surface area contributed by atoms with E-state index in [0.717, 1.165) is 12.2 Å². The molecule has 74 valence electrons. The summed E-state index contributed by atoms with van der Waals surface area (Å²) in [5.41, 5.74) is 2.29. The molecular formula is C13H12N2. The molecule has 1 aliphatic rings. The van der Waals surface area contributed by atoms with Crippen molar-refractivity contribution in [2.75, 3.05) is 18.5 Å². The van der Waals surface area contributed by atoms with Gasteiger partial charge in [-0.25, -0.2) is 0 Å². The Kier molecular flexibility index (Phi) is 1.75. The number of benzene rings is 2. The monoisotopic (exact) mass is 196 g/mol. The van der Waals surface area contributed by atoms with Crippen LogP contribution in [0.5, 0.6) is 0 Å². The summed E-state index contributed by atoms with van der Waals surface area (Å²) in [5, 5.41) is 2.53. The quantitative estimate of drug-likeness (QED) is 0.632. The highest BCUT2D eigenvalue weighted by Crippen LogP contribution is 2.34. The summed E-state index contributed by atoms with van der Waals surface area (Å²) in [6.07, 6.45) is 1.96. The molecule has 1 aliphatic heterocycles. The van der Waals surface area contributed by atoms with Gasteiger partial charge in [-0.1, -0.05) is 24.3 Å². The van der Waals surface area contributed by atoms with Gasteiger partial charge in [0.2, 0.25) is 0 Å². The lowest BCUT2D eigenvalue weighted by atomic mass is 10.1.